The van der Waals surface area contributed by atoms with Crippen molar-refractivity contribution in [1.82, 2.24) is 0 Å². The van der Waals surface area contributed by atoms with Gasteiger partial charge in [-0.2, -0.15) is 19.6 Å². The first-order valence-electron chi connectivity index (χ1n) is 9.82. The van der Waals surface area contributed by atoms with Crippen molar-refractivity contribution in [2.24, 2.45) is 0 Å². The molecular weight excluding hydrogens is 432 g/mol. The Hall–Kier alpha value is -2.28. The molecule has 32 heavy (non-hydrogen) atoms. The summed E-state index contributed by atoms with van der Waals surface area (Å²) in [5, 5.41) is 0. The van der Waals surface area contributed by atoms with Crippen molar-refractivity contribution in [3.8, 4) is 0 Å². The van der Waals surface area contributed by atoms with Crippen LogP contribution in [0.2, 0.25) is 0 Å². The van der Waals surface area contributed by atoms with Crippen LogP contribution in [0.15, 0.2) is 0 Å². The number of carbonyl (C=O) groups excluding carboxylic acids is 4. The van der Waals surface area contributed by atoms with Crippen LogP contribution in [0.4, 0.5) is 0 Å². The molecule has 0 aliphatic carbocycles. The lowest BCUT2D eigenvalue weighted by Crippen LogP contribution is -2.35. The van der Waals surface area contributed by atoms with Crippen molar-refractivity contribution in [3.05, 3.63) is 0 Å². The fraction of sp³-hybridized carbons (Fsp3) is 0.800. The summed E-state index contributed by atoms with van der Waals surface area (Å²) in [4.78, 5) is 83.4. The van der Waals surface area contributed by atoms with Gasteiger partial charge < -0.3 is 0 Å². The van der Waals surface area contributed by atoms with Crippen LogP contribution in [0, 0.1) is 0 Å². The second-order valence-corrected chi connectivity index (χ2v) is 10.1. The molecular formula is C20H34O12. The fourth-order valence-electron chi connectivity index (χ4n) is 1.45. The summed E-state index contributed by atoms with van der Waals surface area (Å²) < 4.78 is 0. The van der Waals surface area contributed by atoms with Crippen molar-refractivity contribution in [3.63, 3.8) is 0 Å². The maximum absolute atomic E-state index is 11.6. The van der Waals surface area contributed by atoms with E-state index >= 15 is 0 Å². The molecule has 0 unspecified atom stereocenters. The summed E-state index contributed by atoms with van der Waals surface area (Å²) in [5.74, 6) is -5.56. The summed E-state index contributed by atoms with van der Waals surface area (Å²) in [7, 11) is 0. The van der Waals surface area contributed by atoms with Crippen LogP contribution in [-0.2, 0) is 58.3 Å². The van der Waals surface area contributed by atoms with Gasteiger partial charge in [-0.1, -0.05) is 0 Å². The summed E-state index contributed by atoms with van der Waals surface area (Å²) >= 11 is 0. The lowest BCUT2D eigenvalue weighted by molar-refractivity contribution is -0.351. The predicted molar refractivity (Wildman–Crippen MR) is 106 cm³/mol. The molecule has 0 atom stereocenters. The van der Waals surface area contributed by atoms with Crippen molar-refractivity contribution < 1.29 is 58.3 Å². The van der Waals surface area contributed by atoms with Gasteiger partial charge in [0.1, 0.15) is 22.4 Å². The smallest absolute Gasteiger partial charge is 0.285 e. The highest BCUT2D eigenvalue weighted by Gasteiger charge is 2.33. The predicted octanol–water partition coefficient (Wildman–Crippen LogP) is 2.82. The van der Waals surface area contributed by atoms with Gasteiger partial charge in [-0.25, -0.2) is 19.2 Å². The van der Waals surface area contributed by atoms with E-state index in [1.54, 1.807) is 69.2 Å². The molecule has 0 aromatic heterocycles. The molecule has 0 radical (unpaired) electrons. The van der Waals surface area contributed by atoms with Gasteiger partial charge in [-0.05, 0) is 82.1 Å². The van der Waals surface area contributed by atoms with E-state index in [4.69, 9.17) is 19.6 Å². The maximum atomic E-state index is 11.6. The third kappa shape index (κ3) is 14.7. The Morgan fingerprint density at radius 1 is 0.438 bits per heavy atom. The molecule has 0 aromatic carbocycles. The molecule has 0 N–H and O–H groups in total. The average molecular weight is 466 g/mol. The van der Waals surface area contributed by atoms with Crippen LogP contribution in [0.25, 0.3) is 0 Å². The second kappa shape index (κ2) is 11.5. The molecule has 0 bridgehead atoms. The lowest BCUT2D eigenvalue weighted by Gasteiger charge is -2.28. The van der Waals surface area contributed by atoms with Crippen LogP contribution in [-0.4, -0.2) is 46.3 Å². The van der Waals surface area contributed by atoms with Crippen LogP contribution in [0.3, 0.4) is 0 Å². The third-order valence-corrected chi connectivity index (χ3v) is 3.08. The fourth-order valence-corrected chi connectivity index (χ4v) is 1.45. The molecule has 0 aliphatic heterocycles. The van der Waals surface area contributed by atoms with Gasteiger partial charge in [0.2, 0.25) is 0 Å². The second-order valence-electron chi connectivity index (χ2n) is 10.1. The third-order valence-electron chi connectivity index (χ3n) is 3.08. The summed E-state index contributed by atoms with van der Waals surface area (Å²) in [6.07, 6.45) is 0.464. The Bertz CT molecular complexity index is 609. The molecule has 0 amide bonds. The first-order valence-corrected chi connectivity index (χ1v) is 9.82. The zero-order valence-electron chi connectivity index (χ0n) is 20.3. The molecule has 0 spiro atoms. The highest BCUT2D eigenvalue weighted by atomic mass is 17.2. The number of hydrogen-bond acceptors (Lipinski definition) is 12. The first-order chi connectivity index (χ1) is 14.2. The minimum Gasteiger partial charge on any atom is -0.285 e. The van der Waals surface area contributed by atoms with E-state index in [1.807, 2.05) is 0 Å². The average Bonchev–Trinajstić information content (AvgIpc) is 2.64. The van der Waals surface area contributed by atoms with E-state index in [-0.39, 0.29) is 12.8 Å². The minimum absolute atomic E-state index is 0.232. The van der Waals surface area contributed by atoms with Gasteiger partial charge in [-0.3, -0.25) is 19.6 Å². The van der Waals surface area contributed by atoms with Crippen LogP contribution in [0.5, 0.6) is 0 Å². The van der Waals surface area contributed by atoms with E-state index in [9.17, 15) is 19.2 Å². The molecule has 0 saturated heterocycles. The molecule has 0 rings (SSSR count). The topological polar surface area (TPSA) is 142 Å². The molecule has 0 saturated carbocycles. The van der Waals surface area contributed by atoms with E-state index in [0.717, 1.165) is 0 Å². The van der Waals surface area contributed by atoms with Crippen molar-refractivity contribution in [2.45, 2.75) is 104 Å². The SMILES string of the molecule is CC(C)(C)OOC(=O)C(=O)OOC(C)(C)CCC(C)(C)OOC(=O)C(=O)OOC(C)(C)C. The lowest BCUT2D eigenvalue weighted by atomic mass is 9.94. The van der Waals surface area contributed by atoms with E-state index in [1.165, 1.54) is 0 Å². The standard InChI is InChI=1S/C20H34O12/c1-17(2,3)29-25-13(21)15(23)27-31-19(7,8)11-12-20(9,10)32-28-16(24)14(22)26-30-18(4,5)6/h11-12H2,1-10H3. The highest BCUT2D eigenvalue weighted by molar-refractivity contribution is 6.29. The van der Waals surface area contributed by atoms with Crippen LogP contribution >= 0.6 is 0 Å². The first kappa shape index (κ1) is 29.7. The van der Waals surface area contributed by atoms with Gasteiger partial charge in [0.15, 0.2) is 0 Å². The van der Waals surface area contributed by atoms with Gasteiger partial charge in [0.05, 0.1) is 0 Å². The van der Waals surface area contributed by atoms with Crippen LogP contribution < -0.4 is 0 Å². The van der Waals surface area contributed by atoms with Gasteiger partial charge in [0.25, 0.3) is 0 Å². The zero-order valence-corrected chi connectivity index (χ0v) is 20.3. The minimum atomic E-state index is -1.40. The number of rotatable bonds is 9. The quantitative estimate of drug-likeness (QED) is 0.280. The maximum Gasteiger partial charge on any atom is 0.453 e. The monoisotopic (exact) mass is 466 g/mol. The van der Waals surface area contributed by atoms with E-state index in [2.05, 4.69) is 19.6 Å². The largest absolute Gasteiger partial charge is 0.453 e. The van der Waals surface area contributed by atoms with Crippen molar-refractivity contribution in [1.29, 1.82) is 0 Å². The molecule has 0 aliphatic rings. The summed E-state index contributed by atoms with van der Waals surface area (Å²) in [6, 6.07) is 0. The number of hydrogen-bond donors (Lipinski definition) is 0. The molecule has 186 valence electrons. The van der Waals surface area contributed by atoms with E-state index < -0.39 is 46.3 Å². The molecule has 12 heteroatoms. The van der Waals surface area contributed by atoms with Gasteiger partial charge in [-0.15, -0.1) is 0 Å². The Kier molecular flexibility index (Phi) is 10.7. The highest BCUT2D eigenvalue weighted by Crippen LogP contribution is 2.25. The summed E-state index contributed by atoms with van der Waals surface area (Å²) in [5.41, 5.74) is -3.71. The molecule has 12 nitrogen and oxygen atoms in total. The molecule has 0 heterocycles. The van der Waals surface area contributed by atoms with E-state index in [0.29, 0.717) is 0 Å². The van der Waals surface area contributed by atoms with Crippen LogP contribution in [0.1, 0.15) is 82.1 Å². The van der Waals surface area contributed by atoms with Crippen molar-refractivity contribution >= 4 is 23.9 Å². The Morgan fingerprint density at radius 3 is 0.875 bits per heavy atom. The van der Waals surface area contributed by atoms with Gasteiger partial charge in [0, 0.05) is 0 Å². The Labute approximate surface area is 187 Å². The van der Waals surface area contributed by atoms with Gasteiger partial charge >= 0.3 is 23.9 Å². The normalized spacial score (nSPS) is 12.7. The summed E-state index contributed by atoms with van der Waals surface area (Å²) in [6.45, 7) is 16.1. The molecule has 0 aromatic rings. The Morgan fingerprint density at radius 2 is 0.656 bits per heavy atom. The Balaban J connectivity index is 4.45. The molecule has 0 fully saturated rings. The van der Waals surface area contributed by atoms with Crippen molar-refractivity contribution in [2.75, 3.05) is 0 Å². The zero-order chi connectivity index (χ0) is 25.4. The number of carbonyl (C=O) groups is 4.